The SMILES string of the molecule is Cc1cc2c(cc1F)nc(CCCl)n2Cc1csc(=O)[nH]1. The molecular weight excluding hydrogens is 313 g/mol. The summed E-state index contributed by atoms with van der Waals surface area (Å²) in [5, 5.41) is 1.79. The van der Waals surface area contributed by atoms with Crippen LogP contribution in [0.15, 0.2) is 22.3 Å². The Hall–Kier alpha value is -1.66. The Morgan fingerprint density at radius 3 is 2.95 bits per heavy atom. The third-order valence-corrected chi connectivity index (χ3v) is 4.23. The molecule has 0 atom stereocenters. The van der Waals surface area contributed by atoms with E-state index in [-0.39, 0.29) is 10.7 Å². The quantitative estimate of drug-likeness (QED) is 0.749. The van der Waals surface area contributed by atoms with E-state index in [1.165, 1.54) is 6.07 Å². The molecule has 0 unspecified atom stereocenters. The average molecular weight is 326 g/mol. The maximum Gasteiger partial charge on any atom is 0.304 e. The lowest BCUT2D eigenvalue weighted by Gasteiger charge is -2.07. The molecule has 2 heterocycles. The van der Waals surface area contributed by atoms with Crippen molar-refractivity contribution in [3.8, 4) is 0 Å². The van der Waals surface area contributed by atoms with Gasteiger partial charge in [-0.1, -0.05) is 11.3 Å². The number of benzene rings is 1. The second kappa shape index (κ2) is 5.61. The molecule has 0 spiro atoms. The summed E-state index contributed by atoms with van der Waals surface area (Å²) in [7, 11) is 0. The standard InChI is InChI=1S/C14H13ClFN3OS/c1-8-4-12-11(5-10(8)16)18-13(2-3-15)19(12)6-9-7-21-14(20)17-9/h4-5,7H,2-3,6H2,1H3,(H,17,20). The molecule has 1 aromatic carbocycles. The molecule has 2 aromatic heterocycles. The minimum Gasteiger partial charge on any atom is -0.322 e. The number of fused-ring (bicyclic) bond motifs is 1. The first-order valence-corrected chi connectivity index (χ1v) is 7.88. The summed E-state index contributed by atoms with van der Waals surface area (Å²) < 4.78 is 15.7. The Labute approximate surface area is 129 Å². The number of nitrogens with zero attached hydrogens (tertiary/aromatic N) is 2. The molecule has 0 fully saturated rings. The maximum atomic E-state index is 13.7. The molecule has 0 saturated heterocycles. The predicted molar refractivity (Wildman–Crippen MR) is 82.9 cm³/mol. The lowest BCUT2D eigenvalue weighted by Crippen LogP contribution is -2.07. The molecule has 0 aliphatic carbocycles. The first-order valence-electron chi connectivity index (χ1n) is 6.46. The summed E-state index contributed by atoms with van der Waals surface area (Å²) in [5.74, 6) is 0.954. The molecule has 0 aliphatic heterocycles. The van der Waals surface area contributed by atoms with Gasteiger partial charge in [0, 0.05) is 29.4 Å². The number of halogens is 2. The van der Waals surface area contributed by atoms with Crippen LogP contribution < -0.4 is 4.87 Å². The number of thiazole rings is 1. The molecule has 4 nitrogen and oxygen atoms in total. The second-order valence-corrected chi connectivity index (χ2v) is 6.04. The van der Waals surface area contributed by atoms with Crippen LogP contribution in [0.1, 0.15) is 17.1 Å². The highest BCUT2D eigenvalue weighted by molar-refractivity contribution is 7.07. The van der Waals surface area contributed by atoms with E-state index in [0.29, 0.717) is 29.9 Å². The van der Waals surface area contributed by atoms with Gasteiger partial charge in [-0.2, -0.15) is 0 Å². The zero-order valence-corrected chi connectivity index (χ0v) is 12.9. The van der Waals surface area contributed by atoms with E-state index in [1.54, 1.807) is 18.4 Å². The number of aryl methyl sites for hydroxylation is 2. The van der Waals surface area contributed by atoms with E-state index in [2.05, 4.69) is 9.97 Å². The van der Waals surface area contributed by atoms with Crippen LogP contribution in [0, 0.1) is 12.7 Å². The molecule has 3 rings (SSSR count). The highest BCUT2D eigenvalue weighted by Crippen LogP contribution is 2.22. The van der Waals surface area contributed by atoms with E-state index in [0.717, 1.165) is 28.4 Å². The summed E-state index contributed by atoms with van der Waals surface area (Å²) >= 11 is 6.95. The first kappa shape index (κ1) is 14.3. The molecule has 1 N–H and O–H groups in total. The van der Waals surface area contributed by atoms with Crippen LogP contribution in [0.2, 0.25) is 0 Å². The topological polar surface area (TPSA) is 50.7 Å². The van der Waals surface area contributed by atoms with Crippen LogP contribution in [0.5, 0.6) is 0 Å². The Morgan fingerprint density at radius 1 is 1.48 bits per heavy atom. The van der Waals surface area contributed by atoms with E-state index in [4.69, 9.17) is 11.6 Å². The number of nitrogens with one attached hydrogen (secondary N) is 1. The Kier molecular flexibility index (Phi) is 3.82. The number of imidazole rings is 1. The van der Waals surface area contributed by atoms with Crippen LogP contribution in [-0.2, 0) is 13.0 Å². The van der Waals surface area contributed by atoms with Gasteiger partial charge in [0.1, 0.15) is 11.6 Å². The van der Waals surface area contributed by atoms with Crippen LogP contribution in [-0.4, -0.2) is 20.4 Å². The molecule has 0 amide bonds. The van der Waals surface area contributed by atoms with Crippen molar-refractivity contribution < 1.29 is 4.39 Å². The van der Waals surface area contributed by atoms with E-state index in [1.807, 2.05) is 4.57 Å². The van der Waals surface area contributed by atoms with Gasteiger partial charge in [0.15, 0.2) is 0 Å². The van der Waals surface area contributed by atoms with Crippen molar-refractivity contribution in [3.05, 3.63) is 50.1 Å². The third-order valence-electron chi connectivity index (χ3n) is 3.33. The van der Waals surface area contributed by atoms with Gasteiger partial charge >= 0.3 is 4.87 Å². The van der Waals surface area contributed by atoms with E-state index in [9.17, 15) is 9.18 Å². The number of hydrogen-bond acceptors (Lipinski definition) is 3. The average Bonchev–Trinajstić information content (AvgIpc) is 2.97. The van der Waals surface area contributed by atoms with E-state index < -0.39 is 0 Å². The monoisotopic (exact) mass is 325 g/mol. The van der Waals surface area contributed by atoms with Crippen molar-refractivity contribution >= 4 is 34.0 Å². The van der Waals surface area contributed by atoms with Gasteiger partial charge in [0.05, 0.1) is 17.6 Å². The highest BCUT2D eigenvalue weighted by Gasteiger charge is 2.13. The molecule has 7 heteroatoms. The number of aromatic amines is 1. The Balaban J connectivity index is 2.14. The lowest BCUT2D eigenvalue weighted by molar-refractivity contribution is 0.620. The normalized spacial score (nSPS) is 11.4. The smallest absolute Gasteiger partial charge is 0.304 e. The van der Waals surface area contributed by atoms with Gasteiger partial charge in [0.2, 0.25) is 0 Å². The Bertz CT molecular complexity index is 852. The number of aromatic nitrogens is 3. The van der Waals surface area contributed by atoms with Crippen molar-refractivity contribution in [2.45, 2.75) is 19.9 Å². The minimum atomic E-state index is -0.270. The van der Waals surface area contributed by atoms with Crippen LogP contribution in [0.3, 0.4) is 0 Å². The number of rotatable bonds is 4. The zero-order valence-electron chi connectivity index (χ0n) is 11.3. The first-order chi connectivity index (χ1) is 10.1. The second-order valence-electron chi connectivity index (χ2n) is 4.82. The van der Waals surface area contributed by atoms with Crippen molar-refractivity contribution in [1.29, 1.82) is 0 Å². The van der Waals surface area contributed by atoms with Gasteiger partial charge in [-0.15, -0.1) is 11.6 Å². The summed E-state index contributed by atoms with van der Waals surface area (Å²) in [6.07, 6.45) is 0.589. The maximum absolute atomic E-state index is 13.7. The largest absolute Gasteiger partial charge is 0.322 e. The minimum absolute atomic E-state index is 0.0875. The third kappa shape index (κ3) is 2.73. The lowest BCUT2D eigenvalue weighted by atomic mass is 10.2. The van der Waals surface area contributed by atoms with Crippen molar-refractivity contribution in [3.63, 3.8) is 0 Å². The summed E-state index contributed by atoms with van der Waals surface area (Å²) in [5.41, 5.74) is 2.83. The molecule has 110 valence electrons. The van der Waals surface area contributed by atoms with Crippen molar-refractivity contribution in [1.82, 2.24) is 14.5 Å². The molecule has 0 saturated carbocycles. The molecule has 21 heavy (non-hydrogen) atoms. The fourth-order valence-corrected chi connectivity index (χ4v) is 3.06. The molecular formula is C14H13ClFN3OS. The summed E-state index contributed by atoms with van der Waals surface area (Å²) in [6.45, 7) is 2.21. The van der Waals surface area contributed by atoms with Crippen LogP contribution in [0.25, 0.3) is 11.0 Å². The molecule has 0 bridgehead atoms. The summed E-state index contributed by atoms with van der Waals surface area (Å²) in [4.78, 5) is 18.4. The highest BCUT2D eigenvalue weighted by atomic mass is 35.5. The number of hydrogen-bond donors (Lipinski definition) is 1. The van der Waals surface area contributed by atoms with Crippen LogP contribution >= 0.6 is 22.9 Å². The van der Waals surface area contributed by atoms with Crippen molar-refractivity contribution in [2.24, 2.45) is 0 Å². The molecule has 0 aliphatic rings. The molecule has 0 radical (unpaired) electrons. The molecule has 3 aromatic rings. The number of alkyl halides is 1. The predicted octanol–water partition coefficient (Wildman–Crippen LogP) is 3.06. The fraction of sp³-hybridized carbons (Fsp3) is 0.286. The van der Waals surface area contributed by atoms with Crippen molar-refractivity contribution in [2.75, 3.05) is 5.88 Å². The van der Waals surface area contributed by atoms with Gasteiger partial charge in [-0.3, -0.25) is 4.79 Å². The van der Waals surface area contributed by atoms with Gasteiger partial charge in [0.25, 0.3) is 0 Å². The number of H-pyrrole nitrogens is 1. The van der Waals surface area contributed by atoms with Gasteiger partial charge in [-0.25, -0.2) is 9.37 Å². The fourth-order valence-electron chi connectivity index (χ4n) is 2.31. The van der Waals surface area contributed by atoms with Gasteiger partial charge < -0.3 is 9.55 Å². The van der Waals surface area contributed by atoms with Gasteiger partial charge in [-0.05, 0) is 18.6 Å². The zero-order chi connectivity index (χ0) is 15.0. The summed E-state index contributed by atoms with van der Waals surface area (Å²) in [6, 6.07) is 3.22. The van der Waals surface area contributed by atoms with E-state index >= 15 is 0 Å². The Morgan fingerprint density at radius 2 is 2.29 bits per heavy atom. The van der Waals surface area contributed by atoms with Crippen LogP contribution in [0.4, 0.5) is 4.39 Å².